The Morgan fingerprint density at radius 2 is 1.77 bits per heavy atom. The molecule has 4 atom stereocenters. The number of anilines is 1. The summed E-state index contributed by atoms with van der Waals surface area (Å²) < 4.78 is 1.90. The van der Waals surface area contributed by atoms with Gasteiger partial charge in [-0.15, -0.1) is 0 Å². The third-order valence-electron chi connectivity index (χ3n) is 6.88. The number of nitrogens with zero attached hydrogens (tertiary/aromatic N) is 2. The largest absolute Gasteiger partial charge is 0.481 e. The third-order valence-corrected chi connectivity index (χ3v) is 6.88. The fraction of sp³-hybridized carbons (Fsp3) is 0.320. The van der Waals surface area contributed by atoms with E-state index in [4.69, 9.17) is 0 Å². The third kappa shape index (κ3) is 3.23. The van der Waals surface area contributed by atoms with Crippen LogP contribution in [0.3, 0.4) is 0 Å². The van der Waals surface area contributed by atoms with E-state index in [9.17, 15) is 14.7 Å². The molecule has 0 unspecified atom stereocenters. The first-order chi connectivity index (χ1) is 14.9. The summed E-state index contributed by atoms with van der Waals surface area (Å²) in [5.74, 6) is -2.35. The first kappa shape index (κ1) is 19.5. The number of amides is 1. The molecule has 31 heavy (non-hydrogen) atoms. The Balaban J connectivity index is 1.41. The second-order valence-corrected chi connectivity index (χ2v) is 8.67. The van der Waals surface area contributed by atoms with Crippen molar-refractivity contribution >= 4 is 28.3 Å². The van der Waals surface area contributed by atoms with Crippen molar-refractivity contribution in [1.82, 2.24) is 9.78 Å². The lowest BCUT2D eigenvalue weighted by Gasteiger charge is -2.24. The van der Waals surface area contributed by atoms with Crippen LogP contribution in [0.15, 0.2) is 54.6 Å². The summed E-state index contributed by atoms with van der Waals surface area (Å²) in [5, 5.41) is 19.7. The molecule has 2 N–H and O–H groups in total. The van der Waals surface area contributed by atoms with Gasteiger partial charge in [0.2, 0.25) is 5.91 Å². The van der Waals surface area contributed by atoms with Gasteiger partial charge in [-0.05, 0) is 48.4 Å². The second kappa shape index (κ2) is 7.38. The van der Waals surface area contributed by atoms with E-state index >= 15 is 0 Å². The molecule has 2 aliphatic rings. The number of aliphatic carboxylic acids is 1. The fourth-order valence-corrected chi connectivity index (χ4v) is 5.35. The van der Waals surface area contributed by atoms with Gasteiger partial charge >= 0.3 is 5.97 Å². The molecule has 1 fully saturated rings. The van der Waals surface area contributed by atoms with Gasteiger partial charge in [0.15, 0.2) is 0 Å². The number of rotatable bonds is 5. The Bertz CT molecular complexity index is 1220. The summed E-state index contributed by atoms with van der Waals surface area (Å²) in [7, 11) is 0. The molecule has 2 aliphatic carbocycles. The van der Waals surface area contributed by atoms with E-state index in [1.807, 2.05) is 48.9 Å². The average molecular weight is 415 g/mol. The molecule has 0 radical (unpaired) electrons. The molecule has 0 saturated heterocycles. The minimum Gasteiger partial charge on any atom is -0.481 e. The number of allylic oxidation sites excluding steroid dienone is 2. The Morgan fingerprint density at radius 3 is 2.55 bits per heavy atom. The smallest absolute Gasteiger partial charge is 0.307 e. The Labute approximate surface area is 180 Å². The zero-order valence-corrected chi connectivity index (χ0v) is 17.6. The van der Waals surface area contributed by atoms with Gasteiger partial charge in [-0.25, -0.2) is 0 Å². The summed E-state index contributed by atoms with van der Waals surface area (Å²) in [4.78, 5) is 24.9. The van der Waals surface area contributed by atoms with Crippen molar-refractivity contribution in [1.29, 1.82) is 0 Å². The van der Waals surface area contributed by atoms with Gasteiger partial charge in [0.25, 0.3) is 0 Å². The SMILES string of the molecule is Cc1nn(Cc2cccc3ccccc23)c(C)c1NC(=O)[C@H]1[C@@H](C(=O)O)[C@H]2C=C[C@@H]1C2. The maximum Gasteiger partial charge on any atom is 0.307 e. The topological polar surface area (TPSA) is 84.2 Å². The van der Waals surface area contributed by atoms with Gasteiger partial charge in [-0.2, -0.15) is 5.10 Å². The van der Waals surface area contributed by atoms with Crippen molar-refractivity contribution in [2.75, 3.05) is 5.32 Å². The standard InChI is InChI=1S/C25H25N3O3/c1-14-23(26-24(29)21-17-10-11-18(12-17)22(21)25(30)31)15(2)28(27-14)13-19-8-5-7-16-6-3-4-9-20(16)19/h3-11,17-18,21-22H,12-13H2,1-2H3,(H,26,29)(H,30,31)/t17-,18+,21-,22+/m1/s1. The van der Waals surface area contributed by atoms with Crippen LogP contribution < -0.4 is 5.32 Å². The predicted octanol–water partition coefficient (Wildman–Crippen LogP) is 4.16. The van der Waals surface area contributed by atoms with Crippen LogP contribution in [0.5, 0.6) is 0 Å². The van der Waals surface area contributed by atoms with Crippen molar-refractivity contribution in [3.8, 4) is 0 Å². The molecule has 1 heterocycles. The van der Waals surface area contributed by atoms with Gasteiger partial charge in [0, 0.05) is 0 Å². The summed E-state index contributed by atoms with van der Waals surface area (Å²) in [6.07, 6.45) is 4.69. The lowest BCUT2D eigenvalue weighted by atomic mass is 9.82. The van der Waals surface area contributed by atoms with Crippen LogP contribution in [0.1, 0.15) is 23.4 Å². The number of carboxylic acids is 1. The van der Waals surface area contributed by atoms with Crippen molar-refractivity contribution < 1.29 is 14.7 Å². The Kier molecular flexibility index (Phi) is 4.65. The monoisotopic (exact) mass is 415 g/mol. The van der Waals surface area contributed by atoms with Gasteiger partial charge in [-0.1, -0.05) is 54.6 Å². The van der Waals surface area contributed by atoms with Crippen LogP contribution in [-0.2, 0) is 16.1 Å². The summed E-state index contributed by atoms with van der Waals surface area (Å²) in [5.41, 5.74) is 3.44. The molecule has 0 spiro atoms. The number of aromatic nitrogens is 2. The summed E-state index contributed by atoms with van der Waals surface area (Å²) in [6.45, 7) is 4.41. The second-order valence-electron chi connectivity index (χ2n) is 8.67. The number of carbonyl (C=O) groups excluding carboxylic acids is 1. The molecule has 5 rings (SSSR count). The molecule has 1 amide bonds. The van der Waals surface area contributed by atoms with Crippen molar-refractivity contribution in [3.63, 3.8) is 0 Å². The summed E-state index contributed by atoms with van der Waals surface area (Å²) in [6, 6.07) is 14.5. The fourth-order valence-electron chi connectivity index (χ4n) is 5.35. The van der Waals surface area contributed by atoms with Gasteiger partial charge in [-0.3, -0.25) is 14.3 Å². The lowest BCUT2D eigenvalue weighted by molar-refractivity contribution is -0.146. The van der Waals surface area contributed by atoms with Crippen LogP contribution in [0.2, 0.25) is 0 Å². The van der Waals surface area contributed by atoms with E-state index < -0.39 is 17.8 Å². The zero-order valence-electron chi connectivity index (χ0n) is 17.6. The highest BCUT2D eigenvalue weighted by atomic mass is 16.4. The van der Waals surface area contributed by atoms with E-state index in [1.165, 1.54) is 10.8 Å². The minimum atomic E-state index is -0.892. The molecule has 3 aromatic rings. The number of benzene rings is 2. The van der Waals surface area contributed by atoms with E-state index in [2.05, 4.69) is 34.7 Å². The highest BCUT2D eigenvalue weighted by Crippen LogP contribution is 2.48. The average Bonchev–Trinajstić information content (AvgIpc) is 3.44. The van der Waals surface area contributed by atoms with Gasteiger partial charge in [0.05, 0.1) is 35.5 Å². The number of hydrogen-bond donors (Lipinski definition) is 2. The normalized spacial score (nSPS) is 24.1. The van der Waals surface area contributed by atoms with E-state index in [1.54, 1.807) is 0 Å². The molecule has 1 saturated carbocycles. The number of aryl methyl sites for hydroxylation is 1. The van der Waals surface area contributed by atoms with Crippen LogP contribution in [0.4, 0.5) is 5.69 Å². The van der Waals surface area contributed by atoms with Crippen LogP contribution >= 0.6 is 0 Å². The van der Waals surface area contributed by atoms with E-state index in [0.717, 1.165) is 23.4 Å². The minimum absolute atomic E-state index is 0.00237. The summed E-state index contributed by atoms with van der Waals surface area (Å²) >= 11 is 0. The molecular formula is C25H25N3O3. The van der Waals surface area contributed by atoms with Crippen LogP contribution in [0, 0.1) is 37.5 Å². The first-order valence-corrected chi connectivity index (χ1v) is 10.7. The van der Waals surface area contributed by atoms with Gasteiger partial charge in [0.1, 0.15) is 0 Å². The molecule has 6 nitrogen and oxygen atoms in total. The van der Waals surface area contributed by atoms with E-state index in [-0.39, 0.29) is 17.7 Å². The Hall–Kier alpha value is -3.41. The molecule has 158 valence electrons. The zero-order chi connectivity index (χ0) is 21.7. The van der Waals surface area contributed by atoms with Crippen molar-refractivity contribution in [2.45, 2.75) is 26.8 Å². The van der Waals surface area contributed by atoms with E-state index in [0.29, 0.717) is 12.2 Å². The highest BCUT2D eigenvalue weighted by molar-refractivity contribution is 5.97. The Morgan fingerprint density at radius 1 is 1.06 bits per heavy atom. The molecule has 0 aliphatic heterocycles. The first-order valence-electron chi connectivity index (χ1n) is 10.7. The molecule has 6 heteroatoms. The number of carboxylic acid groups (broad SMARTS) is 1. The highest BCUT2D eigenvalue weighted by Gasteiger charge is 2.51. The predicted molar refractivity (Wildman–Crippen MR) is 119 cm³/mol. The number of carbonyl (C=O) groups is 2. The molecule has 2 bridgehead atoms. The molecule has 1 aromatic heterocycles. The number of nitrogens with one attached hydrogen (secondary N) is 1. The van der Waals surface area contributed by atoms with Crippen molar-refractivity contribution in [2.24, 2.45) is 23.7 Å². The molecular weight excluding hydrogens is 390 g/mol. The van der Waals surface area contributed by atoms with Crippen molar-refractivity contribution in [3.05, 3.63) is 71.6 Å². The lowest BCUT2D eigenvalue weighted by Crippen LogP contribution is -2.36. The maximum atomic E-state index is 13.1. The van der Waals surface area contributed by atoms with Crippen LogP contribution in [0.25, 0.3) is 10.8 Å². The quantitative estimate of drug-likeness (QED) is 0.613. The number of hydrogen-bond acceptors (Lipinski definition) is 3. The maximum absolute atomic E-state index is 13.1. The van der Waals surface area contributed by atoms with Gasteiger partial charge < -0.3 is 10.4 Å². The van der Waals surface area contributed by atoms with Crippen LogP contribution in [-0.4, -0.2) is 26.8 Å². The molecule has 2 aromatic carbocycles. The number of fused-ring (bicyclic) bond motifs is 3.